The first-order valence-corrected chi connectivity index (χ1v) is 8.22. The van der Waals surface area contributed by atoms with Crippen LogP contribution in [0.1, 0.15) is 41.5 Å². The second-order valence-corrected chi connectivity index (χ2v) is 6.20. The maximum Gasteiger partial charge on any atom is 0.356 e. The number of aromatic hydroxyl groups is 1. The number of aromatic nitrogens is 4. The molecule has 0 radical (unpaired) electrons. The largest absolute Gasteiger partial charge is 0.507 e. The third-order valence-corrected chi connectivity index (χ3v) is 3.92. The van der Waals surface area contributed by atoms with Gasteiger partial charge in [0, 0.05) is 24.5 Å². The van der Waals surface area contributed by atoms with Crippen molar-refractivity contribution in [1.82, 2.24) is 19.5 Å². The number of ether oxygens (including phenoxy) is 1. The summed E-state index contributed by atoms with van der Waals surface area (Å²) in [6.07, 6.45) is 2.99. The molecule has 0 spiro atoms. The first-order valence-electron chi connectivity index (χ1n) is 8.22. The molecule has 0 aliphatic heterocycles. The monoisotopic (exact) mass is 388 g/mol. The van der Waals surface area contributed by atoms with E-state index in [1.165, 1.54) is 35.2 Å². The highest BCUT2D eigenvalue weighted by Gasteiger charge is 2.36. The van der Waals surface area contributed by atoms with Gasteiger partial charge in [0.25, 0.3) is 0 Å². The molecule has 2 heterocycles. The summed E-state index contributed by atoms with van der Waals surface area (Å²) in [4.78, 5) is 22.4. The fourth-order valence-electron chi connectivity index (χ4n) is 2.63. The normalized spacial score (nSPS) is 11.6. The van der Waals surface area contributed by atoms with Crippen molar-refractivity contribution in [3.8, 4) is 17.3 Å². The molecule has 28 heavy (non-hydrogen) atoms. The Balaban J connectivity index is 2.12. The number of rotatable bonds is 6. The summed E-state index contributed by atoms with van der Waals surface area (Å²) in [6.45, 7) is 3.70. The van der Waals surface area contributed by atoms with E-state index in [0.29, 0.717) is 12.1 Å². The fourth-order valence-corrected chi connectivity index (χ4v) is 2.63. The SMILES string of the molecule is CC(C)c1nccn1-c1nc(F)ncc1C(O)(O)Oc1cccc(O)c1C=O. The van der Waals surface area contributed by atoms with Crippen LogP contribution in [0.5, 0.6) is 11.5 Å². The molecule has 0 saturated carbocycles. The van der Waals surface area contributed by atoms with Gasteiger partial charge in [-0.1, -0.05) is 19.9 Å². The number of aldehydes is 1. The first-order chi connectivity index (χ1) is 13.2. The molecule has 1 aromatic carbocycles. The highest BCUT2D eigenvalue weighted by molar-refractivity contribution is 5.83. The number of halogens is 1. The molecule has 0 aliphatic carbocycles. The lowest BCUT2D eigenvalue weighted by Crippen LogP contribution is -2.35. The van der Waals surface area contributed by atoms with Gasteiger partial charge in [0.15, 0.2) is 12.1 Å². The van der Waals surface area contributed by atoms with E-state index in [1.54, 1.807) is 0 Å². The first kappa shape index (κ1) is 19.4. The molecule has 0 unspecified atom stereocenters. The van der Waals surface area contributed by atoms with Crippen LogP contribution in [0.2, 0.25) is 0 Å². The highest BCUT2D eigenvalue weighted by Crippen LogP contribution is 2.32. The topological polar surface area (TPSA) is 131 Å². The van der Waals surface area contributed by atoms with Crippen molar-refractivity contribution in [1.29, 1.82) is 0 Å². The van der Waals surface area contributed by atoms with Crippen LogP contribution in [0.3, 0.4) is 0 Å². The van der Waals surface area contributed by atoms with Gasteiger partial charge in [-0.2, -0.15) is 9.37 Å². The van der Waals surface area contributed by atoms with Crippen LogP contribution in [-0.2, 0) is 5.97 Å². The molecular weight excluding hydrogens is 371 g/mol. The van der Waals surface area contributed by atoms with E-state index in [1.807, 2.05) is 13.8 Å². The molecule has 0 bridgehead atoms. The second-order valence-electron chi connectivity index (χ2n) is 6.20. The van der Waals surface area contributed by atoms with Crippen molar-refractivity contribution in [3.63, 3.8) is 0 Å². The van der Waals surface area contributed by atoms with Gasteiger partial charge in [0.1, 0.15) is 22.9 Å². The van der Waals surface area contributed by atoms with E-state index in [9.17, 15) is 24.5 Å². The molecule has 0 fully saturated rings. The number of carbonyl (C=O) groups excluding carboxylic acids is 1. The number of imidazole rings is 1. The predicted octanol–water partition coefficient (Wildman–Crippen LogP) is 1.62. The summed E-state index contributed by atoms with van der Waals surface area (Å²) < 4.78 is 20.2. The third kappa shape index (κ3) is 3.55. The van der Waals surface area contributed by atoms with Gasteiger partial charge in [-0.15, -0.1) is 0 Å². The van der Waals surface area contributed by atoms with Crippen LogP contribution < -0.4 is 4.74 Å². The van der Waals surface area contributed by atoms with Crippen molar-refractivity contribution >= 4 is 6.29 Å². The van der Waals surface area contributed by atoms with Crippen molar-refractivity contribution in [2.24, 2.45) is 0 Å². The third-order valence-electron chi connectivity index (χ3n) is 3.92. The maximum atomic E-state index is 13.7. The quantitative estimate of drug-likeness (QED) is 0.330. The van der Waals surface area contributed by atoms with Gasteiger partial charge in [-0.05, 0) is 12.1 Å². The minimum Gasteiger partial charge on any atom is -0.507 e. The zero-order chi connectivity index (χ0) is 20.5. The van der Waals surface area contributed by atoms with Crippen LogP contribution in [0.4, 0.5) is 4.39 Å². The Labute approximate surface area is 158 Å². The zero-order valence-electron chi connectivity index (χ0n) is 14.9. The number of hydrogen-bond acceptors (Lipinski definition) is 8. The van der Waals surface area contributed by atoms with E-state index < -0.39 is 23.4 Å². The Morgan fingerprint density at radius 1 is 1.29 bits per heavy atom. The Morgan fingerprint density at radius 2 is 2.04 bits per heavy atom. The molecule has 0 saturated heterocycles. The molecule has 3 N–H and O–H groups in total. The summed E-state index contributed by atoms with van der Waals surface area (Å²) in [5.74, 6) is -3.55. The van der Waals surface area contributed by atoms with Gasteiger partial charge < -0.3 is 20.1 Å². The minimum absolute atomic E-state index is 0.0821. The smallest absolute Gasteiger partial charge is 0.356 e. The van der Waals surface area contributed by atoms with E-state index in [2.05, 4.69) is 15.0 Å². The Hall–Kier alpha value is -3.37. The molecule has 0 atom stereocenters. The van der Waals surface area contributed by atoms with Gasteiger partial charge >= 0.3 is 12.1 Å². The van der Waals surface area contributed by atoms with Crippen LogP contribution >= 0.6 is 0 Å². The Bertz CT molecular complexity index is 1020. The van der Waals surface area contributed by atoms with E-state index in [4.69, 9.17) is 4.74 Å². The van der Waals surface area contributed by atoms with Crippen molar-refractivity contribution in [2.45, 2.75) is 25.7 Å². The molecule has 3 aromatic rings. The summed E-state index contributed by atoms with van der Waals surface area (Å²) >= 11 is 0. The van der Waals surface area contributed by atoms with Crippen LogP contribution in [0, 0.1) is 6.08 Å². The zero-order valence-corrected chi connectivity index (χ0v) is 14.9. The Kier molecular flexibility index (Phi) is 5.08. The molecule has 0 amide bonds. The number of hydrogen-bond donors (Lipinski definition) is 3. The van der Waals surface area contributed by atoms with Gasteiger partial charge in [0.2, 0.25) is 0 Å². The summed E-state index contributed by atoms with van der Waals surface area (Å²) in [7, 11) is 0. The van der Waals surface area contributed by atoms with E-state index in [-0.39, 0.29) is 23.0 Å². The molecule has 2 aromatic heterocycles. The molecule has 9 nitrogen and oxygen atoms in total. The number of phenolic OH excluding ortho intramolecular Hbond substituents is 1. The van der Waals surface area contributed by atoms with E-state index >= 15 is 0 Å². The number of aliphatic hydroxyl groups is 2. The lowest BCUT2D eigenvalue weighted by molar-refractivity contribution is -0.304. The number of nitrogens with zero attached hydrogens (tertiary/aromatic N) is 4. The van der Waals surface area contributed by atoms with Crippen molar-refractivity contribution < 1.29 is 29.2 Å². The van der Waals surface area contributed by atoms with Crippen LogP contribution in [0.25, 0.3) is 5.82 Å². The molecule has 146 valence electrons. The second kappa shape index (κ2) is 7.33. The van der Waals surface area contributed by atoms with Crippen LogP contribution in [-0.4, -0.2) is 41.1 Å². The van der Waals surface area contributed by atoms with Gasteiger partial charge in [-0.25, -0.2) is 9.97 Å². The maximum absolute atomic E-state index is 13.7. The summed E-state index contributed by atoms with van der Waals surface area (Å²) in [6, 6.07) is 3.84. The molecule has 10 heteroatoms. The average Bonchev–Trinajstić information content (AvgIpc) is 3.11. The molecule has 3 rings (SSSR count). The standard InChI is InChI=1S/C18H17FN4O5/c1-10(2)15-20-6-7-23(15)16-12(8-21-17(19)22-16)18(26,27)28-14-5-3-4-13(25)11(14)9-24/h3-10,25-27H,1-2H3. The van der Waals surface area contributed by atoms with Gasteiger partial charge in [-0.3, -0.25) is 9.36 Å². The minimum atomic E-state index is -3.05. The lowest BCUT2D eigenvalue weighted by Gasteiger charge is -2.25. The number of carbonyl (C=O) groups is 1. The highest BCUT2D eigenvalue weighted by atomic mass is 19.1. The predicted molar refractivity (Wildman–Crippen MR) is 93.4 cm³/mol. The fraction of sp³-hybridized carbons (Fsp3) is 0.222. The van der Waals surface area contributed by atoms with Crippen molar-refractivity contribution in [3.05, 3.63) is 59.8 Å². The van der Waals surface area contributed by atoms with E-state index in [0.717, 1.165) is 6.20 Å². The number of phenols is 1. The summed E-state index contributed by atoms with van der Waals surface area (Å²) in [5.41, 5.74) is -0.681. The molecule has 0 aliphatic rings. The van der Waals surface area contributed by atoms with Crippen molar-refractivity contribution in [2.75, 3.05) is 0 Å². The average molecular weight is 388 g/mol. The lowest BCUT2D eigenvalue weighted by atomic mass is 10.2. The van der Waals surface area contributed by atoms with Gasteiger partial charge in [0.05, 0.1) is 5.56 Å². The summed E-state index contributed by atoms with van der Waals surface area (Å²) in [5, 5.41) is 30.8. The molecular formula is C18H17FN4O5. The number of benzene rings is 1. The Morgan fingerprint density at radius 3 is 2.71 bits per heavy atom. The van der Waals surface area contributed by atoms with Crippen LogP contribution in [0.15, 0.2) is 36.8 Å².